The molecule has 0 aromatic heterocycles. The topological polar surface area (TPSA) is 0 Å². The van der Waals surface area contributed by atoms with Gasteiger partial charge in [-0.1, -0.05) is 153 Å². The smallest absolute Gasteiger partial charge is 0.00338 e. The maximum atomic E-state index is 2.33. The van der Waals surface area contributed by atoms with Crippen molar-refractivity contribution in [2.24, 2.45) is 0 Å². The lowest BCUT2D eigenvalue weighted by molar-refractivity contribution is 0.382. The van der Waals surface area contributed by atoms with Crippen LogP contribution >= 0.6 is 0 Å². The van der Waals surface area contributed by atoms with Crippen molar-refractivity contribution >= 4 is 0 Å². The van der Waals surface area contributed by atoms with Crippen LogP contribution in [0.2, 0.25) is 0 Å². The highest BCUT2D eigenvalue weighted by Crippen LogP contribution is 2.39. The molecule has 0 bridgehead atoms. The SMILES string of the molecule is CCCC(Cc1ccc(-c2ccccc2)cc1)(Cc1ccccc1-c1ccccc1)c1ccccc1. The van der Waals surface area contributed by atoms with Crippen LogP contribution < -0.4 is 0 Å². The van der Waals surface area contributed by atoms with Gasteiger partial charge in [0.05, 0.1) is 0 Å². The van der Waals surface area contributed by atoms with Crippen LogP contribution in [0.15, 0.2) is 140 Å². The van der Waals surface area contributed by atoms with E-state index in [4.69, 9.17) is 0 Å². The highest BCUT2D eigenvalue weighted by Gasteiger charge is 2.32. The number of benzene rings is 5. The average molecular weight is 467 g/mol. The highest BCUT2D eigenvalue weighted by molar-refractivity contribution is 5.68. The Bertz CT molecular complexity index is 1350. The van der Waals surface area contributed by atoms with Crippen molar-refractivity contribution in [3.05, 3.63) is 156 Å². The van der Waals surface area contributed by atoms with Crippen LogP contribution in [-0.2, 0) is 18.3 Å². The zero-order chi connectivity index (χ0) is 24.6. The molecule has 5 aromatic rings. The zero-order valence-corrected chi connectivity index (χ0v) is 21.1. The van der Waals surface area contributed by atoms with E-state index < -0.39 is 0 Å². The van der Waals surface area contributed by atoms with Gasteiger partial charge in [-0.2, -0.15) is 0 Å². The van der Waals surface area contributed by atoms with Gasteiger partial charge in [-0.3, -0.25) is 0 Å². The van der Waals surface area contributed by atoms with Crippen molar-refractivity contribution in [2.45, 2.75) is 38.0 Å². The van der Waals surface area contributed by atoms with Crippen LogP contribution in [0.4, 0.5) is 0 Å². The summed E-state index contributed by atoms with van der Waals surface area (Å²) in [5.74, 6) is 0. The van der Waals surface area contributed by atoms with Gasteiger partial charge >= 0.3 is 0 Å². The minimum absolute atomic E-state index is 0.0230. The first kappa shape index (κ1) is 23.8. The van der Waals surface area contributed by atoms with Crippen molar-refractivity contribution in [1.29, 1.82) is 0 Å². The normalized spacial score (nSPS) is 12.7. The molecule has 0 amide bonds. The fraction of sp³-hybridized carbons (Fsp3) is 0.167. The lowest BCUT2D eigenvalue weighted by atomic mass is 9.68. The van der Waals surface area contributed by atoms with Crippen LogP contribution in [0.3, 0.4) is 0 Å². The third kappa shape index (κ3) is 5.34. The van der Waals surface area contributed by atoms with E-state index >= 15 is 0 Å². The van der Waals surface area contributed by atoms with Crippen LogP contribution in [-0.4, -0.2) is 0 Å². The lowest BCUT2D eigenvalue weighted by Gasteiger charge is -2.36. The standard InChI is InChI=1S/C36H34/c1-2-26-36(34-19-10-5-11-20-34,27-29-22-24-31(25-23-29)30-14-6-3-7-15-30)28-33-18-12-13-21-35(33)32-16-8-4-9-17-32/h3-25H,2,26-28H2,1H3. The van der Waals surface area contributed by atoms with Crippen molar-refractivity contribution in [3.63, 3.8) is 0 Å². The molecule has 0 heterocycles. The molecule has 0 aliphatic heterocycles. The van der Waals surface area contributed by atoms with Gasteiger partial charge in [0.2, 0.25) is 0 Å². The van der Waals surface area contributed by atoms with Gasteiger partial charge in [0, 0.05) is 5.41 Å². The average Bonchev–Trinajstić information content (AvgIpc) is 2.95. The van der Waals surface area contributed by atoms with E-state index in [1.165, 1.54) is 38.9 Å². The van der Waals surface area contributed by atoms with Gasteiger partial charge in [0.1, 0.15) is 0 Å². The molecule has 5 aromatic carbocycles. The molecule has 1 atom stereocenters. The van der Waals surface area contributed by atoms with Crippen molar-refractivity contribution in [1.82, 2.24) is 0 Å². The molecule has 0 heteroatoms. The third-order valence-electron chi connectivity index (χ3n) is 7.35. The Morgan fingerprint density at radius 2 is 1.00 bits per heavy atom. The summed E-state index contributed by atoms with van der Waals surface area (Å²) < 4.78 is 0. The number of hydrogen-bond donors (Lipinski definition) is 0. The van der Waals surface area contributed by atoms with Crippen molar-refractivity contribution in [3.8, 4) is 22.3 Å². The first-order chi connectivity index (χ1) is 17.8. The number of hydrogen-bond acceptors (Lipinski definition) is 0. The molecule has 0 saturated heterocycles. The van der Waals surface area contributed by atoms with Gasteiger partial charge in [0.25, 0.3) is 0 Å². The Kier molecular flexibility index (Phi) is 7.43. The summed E-state index contributed by atoms with van der Waals surface area (Å²) in [4.78, 5) is 0. The van der Waals surface area contributed by atoms with Crippen molar-refractivity contribution in [2.75, 3.05) is 0 Å². The van der Waals surface area contributed by atoms with Crippen LogP contribution in [0.1, 0.15) is 36.5 Å². The van der Waals surface area contributed by atoms with Gasteiger partial charge < -0.3 is 0 Å². The van der Waals surface area contributed by atoms with E-state index in [0.29, 0.717) is 0 Å². The minimum atomic E-state index is 0.0230. The summed E-state index contributed by atoms with van der Waals surface area (Å²) in [6.07, 6.45) is 4.31. The zero-order valence-electron chi connectivity index (χ0n) is 21.1. The van der Waals surface area contributed by atoms with Gasteiger partial charge in [-0.15, -0.1) is 0 Å². The molecule has 178 valence electrons. The second-order valence-corrected chi connectivity index (χ2v) is 9.84. The van der Waals surface area contributed by atoms with Gasteiger partial charge in [0.15, 0.2) is 0 Å². The molecular formula is C36H34. The van der Waals surface area contributed by atoms with E-state index in [1.807, 2.05) is 0 Å². The lowest BCUT2D eigenvalue weighted by Crippen LogP contribution is -2.32. The predicted molar refractivity (Wildman–Crippen MR) is 154 cm³/mol. The Labute approximate surface area is 216 Å². The third-order valence-corrected chi connectivity index (χ3v) is 7.35. The Balaban J connectivity index is 1.55. The monoisotopic (exact) mass is 466 g/mol. The highest BCUT2D eigenvalue weighted by atomic mass is 14.4. The maximum absolute atomic E-state index is 2.33. The predicted octanol–water partition coefficient (Wildman–Crippen LogP) is 9.54. The maximum Gasteiger partial charge on any atom is 0.00338 e. The number of rotatable bonds is 9. The summed E-state index contributed by atoms with van der Waals surface area (Å²) in [7, 11) is 0. The first-order valence-electron chi connectivity index (χ1n) is 13.1. The molecule has 0 radical (unpaired) electrons. The largest absolute Gasteiger partial charge is 0.0654 e. The second-order valence-electron chi connectivity index (χ2n) is 9.84. The molecule has 0 N–H and O–H groups in total. The van der Waals surface area contributed by atoms with Gasteiger partial charge in [-0.05, 0) is 58.2 Å². The van der Waals surface area contributed by atoms with E-state index in [-0.39, 0.29) is 5.41 Å². The summed E-state index contributed by atoms with van der Waals surface area (Å²) in [6.45, 7) is 2.32. The first-order valence-corrected chi connectivity index (χ1v) is 13.1. The van der Waals surface area contributed by atoms with Crippen LogP contribution in [0, 0.1) is 0 Å². The fourth-order valence-electron chi connectivity index (χ4n) is 5.63. The molecule has 0 saturated carbocycles. The summed E-state index contributed by atoms with van der Waals surface area (Å²) >= 11 is 0. The molecule has 0 aliphatic carbocycles. The molecule has 5 rings (SSSR count). The van der Waals surface area contributed by atoms with E-state index in [0.717, 1.165) is 25.7 Å². The summed E-state index contributed by atoms with van der Waals surface area (Å²) in [5, 5.41) is 0. The Hall–Kier alpha value is -3.90. The van der Waals surface area contributed by atoms with Gasteiger partial charge in [-0.25, -0.2) is 0 Å². The molecular weight excluding hydrogens is 432 g/mol. The summed E-state index contributed by atoms with van der Waals surface area (Å²) in [5.41, 5.74) is 9.44. The van der Waals surface area contributed by atoms with Crippen LogP contribution in [0.5, 0.6) is 0 Å². The Morgan fingerprint density at radius 1 is 0.472 bits per heavy atom. The molecule has 1 unspecified atom stereocenters. The summed E-state index contributed by atoms with van der Waals surface area (Å²) in [6, 6.07) is 50.8. The van der Waals surface area contributed by atoms with E-state index in [2.05, 4.69) is 146 Å². The molecule has 0 nitrogen and oxygen atoms in total. The van der Waals surface area contributed by atoms with E-state index in [9.17, 15) is 0 Å². The second kappa shape index (κ2) is 11.2. The van der Waals surface area contributed by atoms with E-state index in [1.54, 1.807) is 0 Å². The molecule has 0 fully saturated rings. The fourth-order valence-corrected chi connectivity index (χ4v) is 5.63. The van der Waals surface area contributed by atoms with Crippen LogP contribution in [0.25, 0.3) is 22.3 Å². The molecule has 0 spiro atoms. The molecule has 36 heavy (non-hydrogen) atoms. The van der Waals surface area contributed by atoms with Crippen molar-refractivity contribution < 1.29 is 0 Å². The molecule has 0 aliphatic rings. The Morgan fingerprint density at radius 3 is 1.64 bits per heavy atom. The quantitative estimate of drug-likeness (QED) is 0.203. The minimum Gasteiger partial charge on any atom is -0.0654 e.